The van der Waals surface area contributed by atoms with Crippen LogP contribution in [0.1, 0.15) is 30.7 Å². The van der Waals surface area contributed by atoms with E-state index in [1.807, 2.05) is 14.0 Å². The van der Waals surface area contributed by atoms with E-state index in [4.69, 9.17) is 0 Å². The number of aromatic nitrogens is 2. The van der Waals surface area contributed by atoms with Gasteiger partial charge in [0.25, 0.3) is 0 Å². The van der Waals surface area contributed by atoms with Crippen LogP contribution < -0.4 is 5.32 Å². The van der Waals surface area contributed by atoms with Gasteiger partial charge in [-0.25, -0.2) is 0 Å². The molecule has 18 heavy (non-hydrogen) atoms. The number of nitriles is 1. The van der Waals surface area contributed by atoms with E-state index in [0.717, 1.165) is 40.8 Å². The Morgan fingerprint density at radius 3 is 3.06 bits per heavy atom. The van der Waals surface area contributed by atoms with Crippen LogP contribution in [0.4, 0.5) is 0 Å². The van der Waals surface area contributed by atoms with Crippen molar-refractivity contribution in [3.63, 3.8) is 0 Å². The summed E-state index contributed by atoms with van der Waals surface area (Å²) in [6, 6.07) is 2.48. The number of rotatable bonds is 5. The number of aryl methyl sites for hydroxylation is 1. The van der Waals surface area contributed by atoms with Gasteiger partial charge in [0.2, 0.25) is 0 Å². The van der Waals surface area contributed by atoms with Crippen molar-refractivity contribution in [3.8, 4) is 6.07 Å². The van der Waals surface area contributed by atoms with Gasteiger partial charge in [-0.15, -0.1) is 10.2 Å². The molecule has 0 amide bonds. The van der Waals surface area contributed by atoms with Crippen LogP contribution in [-0.4, -0.2) is 28.5 Å². The molecule has 1 N–H and O–H groups in total. The molecule has 1 aromatic rings. The molecule has 0 spiro atoms. The molecule has 4 nitrogen and oxygen atoms in total. The third-order valence-electron chi connectivity index (χ3n) is 3.67. The average Bonchev–Trinajstić information content (AvgIpc) is 2.97. The molecular weight excluding hydrogens is 264 g/mol. The van der Waals surface area contributed by atoms with E-state index in [0.29, 0.717) is 5.92 Å². The molecule has 1 aliphatic carbocycles. The van der Waals surface area contributed by atoms with Crippen LogP contribution >= 0.6 is 23.1 Å². The first-order valence-corrected chi connectivity index (χ1v) is 8.03. The molecule has 0 aromatic carbocycles. The Kier molecular flexibility index (Phi) is 4.60. The maximum absolute atomic E-state index is 9.37. The van der Waals surface area contributed by atoms with E-state index in [9.17, 15) is 5.26 Å². The average molecular weight is 282 g/mol. The maximum Gasteiger partial charge on any atom is 0.174 e. The molecule has 2 rings (SSSR count). The van der Waals surface area contributed by atoms with Gasteiger partial charge in [0.05, 0.1) is 6.07 Å². The molecule has 0 saturated heterocycles. The Labute approximate surface area is 116 Å². The van der Waals surface area contributed by atoms with Gasteiger partial charge in [-0.2, -0.15) is 5.26 Å². The van der Waals surface area contributed by atoms with E-state index < -0.39 is 0 Å². The molecule has 98 valence electrons. The second-order valence-electron chi connectivity index (χ2n) is 4.65. The minimum atomic E-state index is -0.294. The monoisotopic (exact) mass is 282 g/mol. The quantitative estimate of drug-likeness (QED) is 0.841. The van der Waals surface area contributed by atoms with E-state index >= 15 is 0 Å². The van der Waals surface area contributed by atoms with Gasteiger partial charge < -0.3 is 5.32 Å². The molecule has 2 atom stereocenters. The van der Waals surface area contributed by atoms with Crippen LogP contribution in [0.3, 0.4) is 0 Å². The number of nitrogens with one attached hydrogen (secondary N) is 1. The largest absolute Gasteiger partial charge is 0.302 e. The highest BCUT2D eigenvalue weighted by Crippen LogP contribution is 2.38. The number of hydrogen-bond donors (Lipinski definition) is 1. The van der Waals surface area contributed by atoms with Crippen LogP contribution in [-0.2, 0) is 0 Å². The topological polar surface area (TPSA) is 61.6 Å². The smallest absolute Gasteiger partial charge is 0.174 e. The fraction of sp³-hybridized carbons (Fsp3) is 0.750. The summed E-state index contributed by atoms with van der Waals surface area (Å²) in [4.78, 5) is 0. The van der Waals surface area contributed by atoms with E-state index in [-0.39, 0.29) is 5.54 Å². The SMILES string of the molecule is CNC1(C#N)CCCC1CCSc1nnc(C)s1. The predicted octanol–water partition coefficient (Wildman–Crippen LogP) is 2.61. The standard InChI is InChI=1S/C12H18N4S2/c1-9-15-16-11(18-9)17-7-5-10-4-3-6-12(10,8-13)14-2/h10,14H,3-7H2,1-2H3. The zero-order valence-electron chi connectivity index (χ0n) is 10.8. The van der Waals surface area contributed by atoms with Crippen molar-refractivity contribution in [2.24, 2.45) is 5.92 Å². The molecule has 1 aliphatic rings. The normalized spacial score (nSPS) is 27.3. The number of thioether (sulfide) groups is 1. The number of nitrogens with zero attached hydrogens (tertiary/aromatic N) is 3. The summed E-state index contributed by atoms with van der Waals surface area (Å²) in [6.07, 6.45) is 4.36. The Balaban J connectivity index is 1.85. The lowest BCUT2D eigenvalue weighted by molar-refractivity contribution is 0.332. The van der Waals surface area contributed by atoms with E-state index in [1.165, 1.54) is 0 Å². The summed E-state index contributed by atoms with van der Waals surface area (Å²) in [6.45, 7) is 1.97. The second-order valence-corrected chi connectivity index (χ2v) is 7.17. The molecule has 2 unspecified atom stereocenters. The van der Waals surface area contributed by atoms with Crippen LogP contribution in [0.5, 0.6) is 0 Å². The summed E-state index contributed by atoms with van der Waals surface area (Å²) < 4.78 is 1.04. The zero-order valence-corrected chi connectivity index (χ0v) is 12.4. The van der Waals surface area contributed by atoms with Gasteiger partial charge in [-0.3, -0.25) is 0 Å². The fourth-order valence-electron chi connectivity index (χ4n) is 2.63. The van der Waals surface area contributed by atoms with Gasteiger partial charge in [0, 0.05) is 5.75 Å². The Bertz CT molecular complexity index is 440. The molecule has 0 aliphatic heterocycles. The Morgan fingerprint density at radius 1 is 1.61 bits per heavy atom. The zero-order chi connectivity index (χ0) is 13.0. The molecule has 1 aromatic heterocycles. The van der Waals surface area contributed by atoms with Crippen molar-refractivity contribution >= 4 is 23.1 Å². The molecule has 1 saturated carbocycles. The minimum absolute atomic E-state index is 0.294. The van der Waals surface area contributed by atoms with Crippen molar-refractivity contribution in [3.05, 3.63) is 5.01 Å². The van der Waals surface area contributed by atoms with Crippen LogP contribution in [0, 0.1) is 24.2 Å². The van der Waals surface area contributed by atoms with Crippen molar-refractivity contribution in [2.75, 3.05) is 12.8 Å². The van der Waals surface area contributed by atoms with Crippen molar-refractivity contribution in [1.29, 1.82) is 5.26 Å². The second kappa shape index (κ2) is 6.00. The fourth-order valence-corrected chi connectivity index (χ4v) is 4.57. The van der Waals surface area contributed by atoms with Crippen LogP contribution in [0.2, 0.25) is 0 Å². The highest BCUT2D eigenvalue weighted by atomic mass is 32.2. The Hall–Kier alpha value is -0.640. The van der Waals surface area contributed by atoms with Gasteiger partial charge in [-0.1, -0.05) is 29.5 Å². The van der Waals surface area contributed by atoms with Crippen LogP contribution in [0.15, 0.2) is 4.34 Å². The Morgan fingerprint density at radius 2 is 2.44 bits per heavy atom. The highest BCUT2D eigenvalue weighted by molar-refractivity contribution is 8.01. The minimum Gasteiger partial charge on any atom is -0.302 e. The summed E-state index contributed by atoms with van der Waals surface area (Å²) in [5.41, 5.74) is -0.294. The third-order valence-corrected chi connectivity index (χ3v) is 5.67. The number of hydrogen-bond acceptors (Lipinski definition) is 6. The molecule has 0 bridgehead atoms. The van der Waals surface area contributed by atoms with E-state index in [2.05, 4.69) is 21.6 Å². The van der Waals surface area contributed by atoms with Gasteiger partial charge in [-0.05, 0) is 39.2 Å². The summed E-state index contributed by atoms with van der Waals surface area (Å²) in [7, 11) is 1.91. The van der Waals surface area contributed by atoms with E-state index in [1.54, 1.807) is 23.1 Å². The lowest BCUT2D eigenvalue weighted by Crippen LogP contribution is -2.44. The lowest BCUT2D eigenvalue weighted by atomic mass is 9.87. The summed E-state index contributed by atoms with van der Waals surface area (Å²) >= 11 is 3.40. The third kappa shape index (κ3) is 2.85. The first kappa shape index (κ1) is 13.8. The molecule has 6 heteroatoms. The predicted molar refractivity (Wildman–Crippen MR) is 74.7 cm³/mol. The maximum atomic E-state index is 9.37. The van der Waals surface area contributed by atoms with Crippen molar-refractivity contribution in [2.45, 2.75) is 42.5 Å². The molecule has 1 heterocycles. The summed E-state index contributed by atoms with van der Waals surface area (Å²) in [5.74, 6) is 1.48. The molecule has 1 fully saturated rings. The first-order valence-electron chi connectivity index (χ1n) is 6.23. The van der Waals surface area contributed by atoms with Crippen molar-refractivity contribution < 1.29 is 0 Å². The first-order chi connectivity index (χ1) is 8.70. The van der Waals surface area contributed by atoms with Gasteiger partial charge in [0.1, 0.15) is 10.5 Å². The molecule has 0 radical (unpaired) electrons. The lowest BCUT2D eigenvalue weighted by Gasteiger charge is -2.27. The van der Waals surface area contributed by atoms with Crippen LogP contribution in [0.25, 0.3) is 0 Å². The summed E-state index contributed by atoms with van der Waals surface area (Å²) in [5, 5.41) is 21.7. The molecular formula is C12H18N4S2. The van der Waals surface area contributed by atoms with Gasteiger partial charge in [0.15, 0.2) is 4.34 Å². The van der Waals surface area contributed by atoms with Crippen molar-refractivity contribution in [1.82, 2.24) is 15.5 Å². The van der Waals surface area contributed by atoms with Gasteiger partial charge >= 0.3 is 0 Å². The highest BCUT2D eigenvalue weighted by Gasteiger charge is 2.41.